The second-order valence-electron chi connectivity index (χ2n) is 5.52. The Morgan fingerprint density at radius 3 is 2.40 bits per heavy atom. The lowest BCUT2D eigenvalue weighted by atomic mass is 10.0. The van der Waals surface area contributed by atoms with E-state index in [9.17, 15) is 0 Å². The topological polar surface area (TPSA) is 15.3 Å². The summed E-state index contributed by atoms with van der Waals surface area (Å²) < 4.78 is 0. The Labute approximate surface area is 94.4 Å². The summed E-state index contributed by atoms with van der Waals surface area (Å²) in [6, 6.07) is 0.769. The molecule has 1 heterocycles. The Bertz CT molecular complexity index is 169. The van der Waals surface area contributed by atoms with E-state index >= 15 is 0 Å². The van der Waals surface area contributed by atoms with Crippen LogP contribution in [-0.4, -0.2) is 37.6 Å². The van der Waals surface area contributed by atoms with Crippen molar-refractivity contribution in [2.75, 3.05) is 26.7 Å². The van der Waals surface area contributed by atoms with Crippen LogP contribution in [0.15, 0.2) is 0 Å². The fraction of sp³-hybridized carbons (Fsp3) is 1.00. The zero-order valence-electron chi connectivity index (χ0n) is 10.2. The van der Waals surface area contributed by atoms with Gasteiger partial charge in [-0.2, -0.15) is 0 Å². The normalized spacial score (nSPS) is 28.8. The maximum Gasteiger partial charge on any atom is 0.0194 e. The molecule has 1 aliphatic carbocycles. The van der Waals surface area contributed by atoms with Crippen LogP contribution in [0, 0.1) is 5.92 Å². The van der Waals surface area contributed by atoms with Crippen LogP contribution in [0.25, 0.3) is 0 Å². The van der Waals surface area contributed by atoms with Crippen LogP contribution in [0.4, 0.5) is 0 Å². The summed E-state index contributed by atoms with van der Waals surface area (Å²) in [7, 11) is 2.30. The zero-order valence-corrected chi connectivity index (χ0v) is 10.2. The van der Waals surface area contributed by atoms with Gasteiger partial charge in [0.1, 0.15) is 0 Å². The predicted octanol–water partition coefficient (Wildman–Crippen LogP) is 2.25. The molecule has 2 rings (SSSR count). The molecule has 1 N–H and O–H groups in total. The van der Waals surface area contributed by atoms with E-state index in [0.29, 0.717) is 0 Å². The summed E-state index contributed by atoms with van der Waals surface area (Å²) in [5.74, 6) is 0.999. The highest BCUT2D eigenvalue weighted by Gasteiger charge is 2.19. The number of hydrogen-bond acceptors (Lipinski definition) is 2. The number of hydrogen-bond donors (Lipinski definition) is 1. The van der Waals surface area contributed by atoms with E-state index in [-0.39, 0.29) is 0 Å². The molecule has 88 valence electrons. The molecule has 1 atom stereocenters. The summed E-state index contributed by atoms with van der Waals surface area (Å²) in [5.41, 5.74) is 0. The molecule has 0 aromatic carbocycles. The smallest absolute Gasteiger partial charge is 0.0194 e. The maximum atomic E-state index is 3.63. The Hall–Kier alpha value is -0.0800. The van der Waals surface area contributed by atoms with E-state index in [2.05, 4.69) is 17.3 Å². The van der Waals surface area contributed by atoms with Gasteiger partial charge in [-0.1, -0.05) is 19.3 Å². The highest BCUT2D eigenvalue weighted by molar-refractivity contribution is 4.77. The summed E-state index contributed by atoms with van der Waals surface area (Å²) in [6.45, 7) is 3.83. The minimum absolute atomic E-state index is 0.769. The second kappa shape index (κ2) is 5.86. The SMILES string of the molecule is CN(CC1CCCC1)CC1CCCCN1. The van der Waals surface area contributed by atoms with Crippen molar-refractivity contribution in [2.45, 2.75) is 51.0 Å². The Balaban J connectivity index is 1.64. The van der Waals surface area contributed by atoms with Crippen molar-refractivity contribution in [2.24, 2.45) is 5.92 Å². The molecule has 0 aromatic rings. The van der Waals surface area contributed by atoms with Gasteiger partial charge in [-0.15, -0.1) is 0 Å². The van der Waals surface area contributed by atoms with Gasteiger partial charge in [0, 0.05) is 19.1 Å². The average molecular weight is 210 g/mol. The summed E-state index contributed by atoms with van der Waals surface area (Å²) in [4.78, 5) is 2.55. The highest BCUT2D eigenvalue weighted by atomic mass is 15.1. The van der Waals surface area contributed by atoms with Gasteiger partial charge in [-0.25, -0.2) is 0 Å². The van der Waals surface area contributed by atoms with Gasteiger partial charge in [-0.3, -0.25) is 0 Å². The Morgan fingerprint density at radius 2 is 1.73 bits per heavy atom. The van der Waals surface area contributed by atoms with Crippen molar-refractivity contribution >= 4 is 0 Å². The van der Waals surface area contributed by atoms with Crippen molar-refractivity contribution < 1.29 is 0 Å². The van der Waals surface area contributed by atoms with Crippen LogP contribution in [0.5, 0.6) is 0 Å². The molecule has 1 unspecified atom stereocenters. The molecule has 15 heavy (non-hydrogen) atoms. The van der Waals surface area contributed by atoms with Gasteiger partial charge in [-0.05, 0) is 45.2 Å². The van der Waals surface area contributed by atoms with Crippen molar-refractivity contribution in [1.82, 2.24) is 10.2 Å². The van der Waals surface area contributed by atoms with Crippen LogP contribution in [-0.2, 0) is 0 Å². The first-order chi connectivity index (χ1) is 7.34. The number of piperidine rings is 1. The first kappa shape index (κ1) is 11.4. The molecule has 0 radical (unpaired) electrons. The lowest BCUT2D eigenvalue weighted by molar-refractivity contribution is 0.231. The molecule has 1 saturated carbocycles. The molecule has 0 spiro atoms. The van der Waals surface area contributed by atoms with Crippen LogP contribution in [0.1, 0.15) is 44.9 Å². The monoisotopic (exact) mass is 210 g/mol. The van der Waals surface area contributed by atoms with E-state index in [4.69, 9.17) is 0 Å². The Kier molecular flexibility index (Phi) is 4.45. The quantitative estimate of drug-likeness (QED) is 0.765. The molecule has 0 aromatic heterocycles. The number of likely N-dealkylation sites (N-methyl/N-ethyl adjacent to an activating group) is 1. The van der Waals surface area contributed by atoms with Gasteiger partial charge in [0.2, 0.25) is 0 Å². The first-order valence-corrected chi connectivity index (χ1v) is 6.76. The summed E-state index contributed by atoms with van der Waals surface area (Å²) in [6.07, 6.45) is 10.1. The van der Waals surface area contributed by atoms with E-state index in [1.807, 2.05) is 0 Å². The lowest BCUT2D eigenvalue weighted by Crippen LogP contribution is -2.43. The largest absolute Gasteiger partial charge is 0.313 e. The molecule has 2 nitrogen and oxygen atoms in total. The van der Waals surface area contributed by atoms with Gasteiger partial charge in [0.25, 0.3) is 0 Å². The third kappa shape index (κ3) is 3.76. The third-order valence-electron chi connectivity index (χ3n) is 3.99. The van der Waals surface area contributed by atoms with Crippen LogP contribution >= 0.6 is 0 Å². The molecular weight excluding hydrogens is 184 g/mol. The van der Waals surface area contributed by atoms with Crippen molar-refractivity contribution in [3.8, 4) is 0 Å². The standard InChI is InChI=1S/C13H26N2/c1-15(10-12-6-2-3-7-12)11-13-8-4-5-9-14-13/h12-14H,2-11H2,1H3. The molecule has 0 bridgehead atoms. The van der Waals surface area contributed by atoms with Crippen LogP contribution < -0.4 is 5.32 Å². The van der Waals surface area contributed by atoms with Gasteiger partial charge < -0.3 is 10.2 Å². The van der Waals surface area contributed by atoms with E-state index in [1.165, 1.54) is 64.6 Å². The van der Waals surface area contributed by atoms with Gasteiger partial charge in [0.15, 0.2) is 0 Å². The number of nitrogens with one attached hydrogen (secondary N) is 1. The van der Waals surface area contributed by atoms with Crippen LogP contribution in [0.2, 0.25) is 0 Å². The molecular formula is C13H26N2. The fourth-order valence-corrected chi connectivity index (χ4v) is 3.16. The minimum Gasteiger partial charge on any atom is -0.313 e. The molecule has 1 aliphatic heterocycles. The average Bonchev–Trinajstić information content (AvgIpc) is 2.71. The minimum atomic E-state index is 0.769. The maximum absolute atomic E-state index is 3.63. The Morgan fingerprint density at radius 1 is 1.00 bits per heavy atom. The van der Waals surface area contributed by atoms with Crippen LogP contribution in [0.3, 0.4) is 0 Å². The van der Waals surface area contributed by atoms with E-state index in [0.717, 1.165) is 12.0 Å². The second-order valence-corrected chi connectivity index (χ2v) is 5.52. The molecule has 1 saturated heterocycles. The van der Waals surface area contributed by atoms with Crippen molar-refractivity contribution in [1.29, 1.82) is 0 Å². The fourth-order valence-electron chi connectivity index (χ4n) is 3.16. The first-order valence-electron chi connectivity index (χ1n) is 6.76. The molecule has 2 heteroatoms. The van der Waals surface area contributed by atoms with E-state index < -0.39 is 0 Å². The number of nitrogens with zero attached hydrogens (tertiary/aromatic N) is 1. The molecule has 0 amide bonds. The van der Waals surface area contributed by atoms with Gasteiger partial charge >= 0.3 is 0 Å². The third-order valence-corrected chi connectivity index (χ3v) is 3.99. The van der Waals surface area contributed by atoms with Gasteiger partial charge in [0.05, 0.1) is 0 Å². The predicted molar refractivity (Wildman–Crippen MR) is 65.1 cm³/mol. The van der Waals surface area contributed by atoms with Crippen molar-refractivity contribution in [3.63, 3.8) is 0 Å². The van der Waals surface area contributed by atoms with E-state index in [1.54, 1.807) is 0 Å². The van der Waals surface area contributed by atoms with Crippen molar-refractivity contribution in [3.05, 3.63) is 0 Å². The molecule has 2 aliphatic rings. The molecule has 2 fully saturated rings. The highest BCUT2D eigenvalue weighted by Crippen LogP contribution is 2.25. The number of rotatable bonds is 4. The zero-order chi connectivity index (χ0) is 10.5. The lowest BCUT2D eigenvalue weighted by Gasteiger charge is -2.29. The summed E-state index contributed by atoms with van der Waals surface area (Å²) >= 11 is 0. The summed E-state index contributed by atoms with van der Waals surface area (Å²) in [5, 5.41) is 3.63.